The Morgan fingerprint density at radius 1 is 0.947 bits per heavy atom. The van der Waals surface area contributed by atoms with Crippen LogP contribution in [0.4, 0.5) is 5.69 Å². The number of aryl methyl sites for hydroxylation is 1. The van der Waals surface area contributed by atoms with Crippen molar-refractivity contribution < 1.29 is 27.4 Å². The fraction of sp³-hybridized carbons (Fsp3) is 0.321. The van der Waals surface area contributed by atoms with Crippen molar-refractivity contribution in [3.05, 3.63) is 82.4 Å². The molecule has 0 aliphatic carbocycles. The van der Waals surface area contributed by atoms with E-state index in [-0.39, 0.29) is 23.9 Å². The van der Waals surface area contributed by atoms with E-state index in [0.717, 1.165) is 24.8 Å². The Bertz CT molecular complexity index is 1330. The van der Waals surface area contributed by atoms with Gasteiger partial charge in [0.05, 0.1) is 44.3 Å². The van der Waals surface area contributed by atoms with Gasteiger partial charge in [0.15, 0.2) is 0 Å². The first kappa shape index (κ1) is 29.1. The molecule has 0 heterocycles. The van der Waals surface area contributed by atoms with Gasteiger partial charge in [-0.3, -0.25) is 9.10 Å². The summed E-state index contributed by atoms with van der Waals surface area (Å²) < 4.78 is 42.9. The fourth-order valence-corrected chi connectivity index (χ4v) is 4.94. The first-order valence-corrected chi connectivity index (χ1v) is 14.4. The second kappa shape index (κ2) is 13.4. The Morgan fingerprint density at radius 2 is 1.58 bits per heavy atom. The minimum absolute atomic E-state index is 0.0206. The minimum atomic E-state index is -3.69. The van der Waals surface area contributed by atoms with Gasteiger partial charge in [-0.05, 0) is 41.8 Å². The predicted molar refractivity (Wildman–Crippen MR) is 150 cm³/mol. The molecule has 0 unspecified atom stereocenters. The quantitative estimate of drug-likeness (QED) is 0.293. The van der Waals surface area contributed by atoms with Crippen LogP contribution in [0.25, 0.3) is 0 Å². The summed E-state index contributed by atoms with van der Waals surface area (Å²) in [6.07, 6.45) is 3.23. The fourth-order valence-electron chi connectivity index (χ4n) is 3.82. The van der Waals surface area contributed by atoms with Crippen LogP contribution < -0.4 is 23.8 Å². The summed E-state index contributed by atoms with van der Waals surface area (Å²) >= 11 is 6.18. The molecule has 0 aliphatic rings. The lowest BCUT2D eigenvalue weighted by Crippen LogP contribution is -2.30. The average molecular weight is 561 g/mol. The van der Waals surface area contributed by atoms with E-state index >= 15 is 0 Å². The number of methoxy groups -OCH3 is 2. The molecule has 3 aromatic rings. The summed E-state index contributed by atoms with van der Waals surface area (Å²) in [5, 5.41) is 3.13. The maximum Gasteiger partial charge on any atom is 0.251 e. The number of benzene rings is 3. The van der Waals surface area contributed by atoms with Crippen molar-refractivity contribution >= 4 is 33.2 Å². The summed E-state index contributed by atoms with van der Waals surface area (Å²) in [5.41, 5.74) is 2.69. The van der Waals surface area contributed by atoms with Gasteiger partial charge in [-0.2, -0.15) is 0 Å². The molecule has 8 nitrogen and oxygen atoms in total. The van der Waals surface area contributed by atoms with Gasteiger partial charge in [-0.1, -0.05) is 49.2 Å². The molecular formula is C28H33ClN2O6S. The van der Waals surface area contributed by atoms with Crippen LogP contribution in [0.15, 0.2) is 60.7 Å². The van der Waals surface area contributed by atoms with Gasteiger partial charge >= 0.3 is 0 Å². The number of hydrogen-bond donors (Lipinski definition) is 1. The molecule has 0 spiro atoms. The van der Waals surface area contributed by atoms with Crippen molar-refractivity contribution in [1.29, 1.82) is 0 Å². The van der Waals surface area contributed by atoms with E-state index in [1.54, 1.807) is 24.3 Å². The molecule has 0 aromatic heterocycles. The number of sulfonamides is 1. The van der Waals surface area contributed by atoms with Gasteiger partial charge in [0.25, 0.3) is 5.91 Å². The molecule has 1 N–H and O–H groups in total. The van der Waals surface area contributed by atoms with Gasteiger partial charge in [-0.15, -0.1) is 0 Å². The van der Waals surface area contributed by atoms with E-state index in [1.165, 1.54) is 36.2 Å². The topological polar surface area (TPSA) is 94.2 Å². The molecular weight excluding hydrogens is 528 g/mol. The zero-order chi connectivity index (χ0) is 27.7. The third-order valence-electron chi connectivity index (χ3n) is 5.78. The number of anilines is 1. The zero-order valence-electron chi connectivity index (χ0n) is 22.0. The minimum Gasteiger partial charge on any atom is -0.495 e. The summed E-state index contributed by atoms with van der Waals surface area (Å²) in [6, 6.07) is 17.7. The highest BCUT2D eigenvalue weighted by atomic mass is 35.5. The van der Waals surface area contributed by atoms with Gasteiger partial charge in [0.1, 0.15) is 23.9 Å². The molecule has 38 heavy (non-hydrogen) atoms. The molecule has 0 saturated heterocycles. The third-order valence-corrected chi connectivity index (χ3v) is 7.20. The van der Waals surface area contributed by atoms with Crippen LogP contribution in [0, 0.1) is 0 Å². The molecule has 204 valence electrons. The van der Waals surface area contributed by atoms with E-state index in [1.807, 2.05) is 24.3 Å². The van der Waals surface area contributed by atoms with Crippen LogP contribution in [0.1, 0.15) is 34.8 Å². The molecule has 1 amide bonds. The number of halogens is 1. The Morgan fingerprint density at radius 3 is 2.16 bits per heavy atom. The van der Waals surface area contributed by atoms with Crippen molar-refractivity contribution in [2.24, 2.45) is 0 Å². The van der Waals surface area contributed by atoms with Crippen LogP contribution in [0.5, 0.6) is 17.2 Å². The number of hydrogen-bond acceptors (Lipinski definition) is 6. The van der Waals surface area contributed by atoms with E-state index in [4.69, 9.17) is 25.8 Å². The standard InChI is InChI=1S/C28H33ClN2O6S/c1-5-6-20-9-13-23(14-10-20)37-16-15-30-28(32)22-11-7-21(8-12-22)19-31(38(4,33)34)25-18-26(35-2)24(29)17-27(25)36-3/h7-14,17-18H,5-6,15-16,19H2,1-4H3,(H,30,32). The second-order valence-electron chi connectivity index (χ2n) is 8.62. The average Bonchev–Trinajstić information content (AvgIpc) is 2.90. The van der Waals surface area contributed by atoms with Gasteiger partial charge < -0.3 is 19.5 Å². The first-order chi connectivity index (χ1) is 18.2. The third kappa shape index (κ3) is 7.79. The van der Waals surface area contributed by atoms with Crippen molar-refractivity contribution in [1.82, 2.24) is 5.32 Å². The largest absolute Gasteiger partial charge is 0.495 e. The Kier molecular flexibility index (Phi) is 10.3. The molecule has 0 saturated carbocycles. The van der Waals surface area contributed by atoms with E-state index in [2.05, 4.69) is 12.2 Å². The molecule has 3 rings (SSSR count). The van der Waals surface area contributed by atoms with E-state index in [0.29, 0.717) is 35.1 Å². The lowest BCUT2D eigenvalue weighted by atomic mass is 10.1. The van der Waals surface area contributed by atoms with Crippen molar-refractivity contribution in [2.45, 2.75) is 26.3 Å². The second-order valence-corrected chi connectivity index (χ2v) is 10.9. The molecule has 3 aromatic carbocycles. The molecule has 0 fully saturated rings. The van der Waals surface area contributed by atoms with E-state index in [9.17, 15) is 13.2 Å². The van der Waals surface area contributed by atoms with Gasteiger partial charge in [0, 0.05) is 17.7 Å². The van der Waals surface area contributed by atoms with Gasteiger partial charge in [-0.25, -0.2) is 8.42 Å². The Labute approximate surface area is 229 Å². The van der Waals surface area contributed by atoms with Crippen LogP contribution in [0.3, 0.4) is 0 Å². The highest BCUT2D eigenvalue weighted by molar-refractivity contribution is 7.92. The van der Waals surface area contributed by atoms with Crippen molar-refractivity contribution in [3.63, 3.8) is 0 Å². The number of nitrogens with one attached hydrogen (secondary N) is 1. The number of carbonyl (C=O) groups excluding carboxylic acids is 1. The summed E-state index contributed by atoms with van der Waals surface area (Å²) in [4.78, 5) is 12.6. The summed E-state index contributed by atoms with van der Waals surface area (Å²) in [6.45, 7) is 2.85. The zero-order valence-corrected chi connectivity index (χ0v) is 23.6. The number of rotatable bonds is 13. The Balaban J connectivity index is 1.62. The normalized spacial score (nSPS) is 11.1. The Hall–Kier alpha value is -3.43. The molecule has 0 radical (unpaired) electrons. The highest BCUT2D eigenvalue weighted by Crippen LogP contribution is 2.39. The maximum absolute atomic E-state index is 12.7. The maximum atomic E-state index is 12.7. The number of nitrogens with zero attached hydrogens (tertiary/aromatic N) is 1. The van der Waals surface area contributed by atoms with Crippen molar-refractivity contribution in [3.8, 4) is 17.2 Å². The van der Waals surface area contributed by atoms with Crippen LogP contribution in [-0.4, -0.2) is 48.0 Å². The molecule has 10 heteroatoms. The number of carbonyl (C=O) groups is 1. The number of amides is 1. The smallest absolute Gasteiger partial charge is 0.251 e. The molecule has 0 atom stereocenters. The van der Waals surface area contributed by atoms with Crippen molar-refractivity contribution in [2.75, 3.05) is 37.9 Å². The SMILES string of the molecule is CCCc1ccc(OCCNC(=O)c2ccc(CN(c3cc(OC)c(Cl)cc3OC)S(C)(=O)=O)cc2)cc1. The highest BCUT2D eigenvalue weighted by Gasteiger charge is 2.24. The lowest BCUT2D eigenvalue weighted by Gasteiger charge is -2.25. The lowest BCUT2D eigenvalue weighted by molar-refractivity contribution is 0.0947. The monoisotopic (exact) mass is 560 g/mol. The van der Waals surface area contributed by atoms with Gasteiger partial charge in [0.2, 0.25) is 10.0 Å². The summed E-state index contributed by atoms with van der Waals surface area (Å²) in [5.74, 6) is 1.12. The van der Waals surface area contributed by atoms with Crippen LogP contribution in [-0.2, 0) is 23.0 Å². The van der Waals surface area contributed by atoms with Crippen LogP contribution >= 0.6 is 11.6 Å². The number of ether oxygens (including phenoxy) is 3. The van der Waals surface area contributed by atoms with Crippen LogP contribution in [0.2, 0.25) is 5.02 Å². The summed E-state index contributed by atoms with van der Waals surface area (Å²) in [7, 11) is -0.813. The first-order valence-electron chi connectivity index (χ1n) is 12.1. The molecule has 0 bridgehead atoms. The molecule has 0 aliphatic heterocycles. The predicted octanol–water partition coefficient (Wildman–Crippen LogP) is 5.08. The van der Waals surface area contributed by atoms with E-state index < -0.39 is 10.0 Å².